The number of piperidine rings is 1. The molecule has 130 valence electrons. The van der Waals surface area contributed by atoms with Crippen LogP contribution in [-0.4, -0.2) is 58.6 Å². The molecule has 0 aromatic carbocycles. The molecule has 4 heterocycles. The summed E-state index contributed by atoms with van der Waals surface area (Å²) in [5.41, 5.74) is 3.89. The molecule has 2 aromatic rings. The van der Waals surface area contributed by atoms with Crippen LogP contribution in [0.4, 0.5) is 5.13 Å². The van der Waals surface area contributed by atoms with Gasteiger partial charge in [-0.2, -0.15) is 0 Å². The minimum Gasteiger partial charge on any atom is -0.370 e. The SMILES string of the molecule is Cc1noc(C)c1CN1CCO[C@]2(CCCN(c3nncs3)C2)C1. The van der Waals surface area contributed by atoms with E-state index in [1.807, 2.05) is 13.8 Å². The predicted octanol–water partition coefficient (Wildman–Crippen LogP) is 2.01. The van der Waals surface area contributed by atoms with Crippen molar-refractivity contribution in [2.24, 2.45) is 0 Å². The molecule has 0 N–H and O–H groups in total. The molecular formula is C16H23N5O2S. The van der Waals surface area contributed by atoms with E-state index in [1.165, 1.54) is 5.56 Å². The van der Waals surface area contributed by atoms with Gasteiger partial charge in [0.2, 0.25) is 5.13 Å². The van der Waals surface area contributed by atoms with Crippen LogP contribution in [0.15, 0.2) is 10.0 Å². The molecule has 0 saturated carbocycles. The van der Waals surface area contributed by atoms with Crippen molar-refractivity contribution in [3.8, 4) is 0 Å². The van der Waals surface area contributed by atoms with E-state index < -0.39 is 0 Å². The normalized spacial score (nSPS) is 25.5. The largest absolute Gasteiger partial charge is 0.370 e. The zero-order valence-electron chi connectivity index (χ0n) is 14.2. The van der Waals surface area contributed by atoms with Gasteiger partial charge in [0.05, 0.1) is 24.4 Å². The Morgan fingerprint density at radius 2 is 2.21 bits per heavy atom. The number of rotatable bonds is 3. The molecule has 2 fully saturated rings. The van der Waals surface area contributed by atoms with Crippen molar-refractivity contribution in [3.05, 3.63) is 22.5 Å². The van der Waals surface area contributed by atoms with Crippen LogP contribution in [0.2, 0.25) is 0 Å². The van der Waals surface area contributed by atoms with Crippen molar-refractivity contribution in [3.63, 3.8) is 0 Å². The second kappa shape index (κ2) is 6.42. The molecule has 1 atom stereocenters. The summed E-state index contributed by atoms with van der Waals surface area (Å²) >= 11 is 1.60. The van der Waals surface area contributed by atoms with Crippen molar-refractivity contribution in [2.45, 2.75) is 38.8 Å². The van der Waals surface area contributed by atoms with E-state index in [2.05, 4.69) is 25.2 Å². The van der Waals surface area contributed by atoms with Gasteiger partial charge in [-0.3, -0.25) is 4.90 Å². The summed E-state index contributed by atoms with van der Waals surface area (Å²) in [5, 5.41) is 13.3. The second-order valence-corrected chi connectivity index (χ2v) is 7.60. The summed E-state index contributed by atoms with van der Waals surface area (Å²) in [6.45, 7) is 9.46. The van der Waals surface area contributed by atoms with E-state index in [-0.39, 0.29) is 5.60 Å². The molecule has 8 heteroatoms. The Morgan fingerprint density at radius 1 is 1.29 bits per heavy atom. The zero-order chi connectivity index (χ0) is 16.6. The van der Waals surface area contributed by atoms with E-state index in [1.54, 1.807) is 16.8 Å². The fraction of sp³-hybridized carbons (Fsp3) is 0.688. The van der Waals surface area contributed by atoms with E-state index in [0.717, 1.165) is 68.8 Å². The molecule has 0 radical (unpaired) electrons. The van der Waals surface area contributed by atoms with Crippen molar-refractivity contribution in [1.82, 2.24) is 20.3 Å². The lowest BCUT2D eigenvalue weighted by atomic mass is 9.90. The number of aryl methyl sites for hydroxylation is 2. The van der Waals surface area contributed by atoms with Gasteiger partial charge in [-0.05, 0) is 26.7 Å². The maximum absolute atomic E-state index is 6.28. The van der Waals surface area contributed by atoms with Crippen molar-refractivity contribution in [1.29, 1.82) is 0 Å². The van der Waals surface area contributed by atoms with Gasteiger partial charge in [0.25, 0.3) is 0 Å². The Kier molecular flexibility index (Phi) is 4.28. The third kappa shape index (κ3) is 3.05. The molecule has 2 saturated heterocycles. The minimum atomic E-state index is -0.110. The number of ether oxygens (including phenoxy) is 1. The molecule has 0 amide bonds. The molecule has 24 heavy (non-hydrogen) atoms. The number of hydrogen-bond acceptors (Lipinski definition) is 8. The summed E-state index contributed by atoms with van der Waals surface area (Å²) in [7, 11) is 0. The Hall–Kier alpha value is -1.51. The molecule has 2 aromatic heterocycles. The topological polar surface area (TPSA) is 67.5 Å². The Bertz CT molecular complexity index is 665. The molecule has 7 nitrogen and oxygen atoms in total. The van der Waals surface area contributed by atoms with Gasteiger partial charge >= 0.3 is 0 Å². The fourth-order valence-electron chi connectivity index (χ4n) is 3.82. The standard InChI is InChI=1S/C16H23N5O2S/c1-12-14(13(2)23-19-12)8-20-6-7-22-16(9-20)4-3-5-21(10-16)15-18-17-11-24-15/h11H,3-10H2,1-2H3/t16-/m1/s1. The quantitative estimate of drug-likeness (QED) is 0.840. The monoisotopic (exact) mass is 349 g/mol. The first-order valence-corrected chi connectivity index (χ1v) is 9.32. The maximum Gasteiger partial charge on any atom is 0.208 e. The van der Waals surface area contributed by atoms with E-state index in [9.17, 15) is 0 Å². The predicted molar refractivity (Wildman–Crippen MR) is 91.3 cm³/mol. The number of hydrogen-bond donors (Lipinski definition) is 0. The summed E-state index contributed by atoms with van der Waals surface area (Å²) in [4.78, 5) is 4.79. The average molecular weight is 349 g/mol. The molecule has 2 aliphatic rings. The Balaban J connectivity index is 1.47. The van der Waals surface area contributed by atoms with Crippen molar-refractivity contribution < 1.29 is 9.26 Å². The lowest BCUT2D eigenvalue weighted by molar-refractivity contribution is -0.116. The highest BCUT2D eigenvalue weighted by Crippen LogP contribution is 2.32. The maximum atomic E-state index is 6.28. The van der Waals surface area contributed by atoms with Gasteiger partial charge in [0, 0.05) is 31.7 Å². The van der Waals surface area contributed by atoms with Crippen LogP contribution in [0, 0.1) is 13.8 Å². The highest BCUT2D eigenvalue weighted by molar-refractivity contribution is 7.13. The molecule has 0 aliphatic carbocycles. The summed E-state index contributed by atoms with van der Waals surface area (Å²) in [6, 6.07) is 0. The highest BCUT2D eigenvalue weighted by Gasteiger charge is 2.41. The lowest BCUT2D eigenvalue weighted by Crippen LogP contribution is -2.59. The van der Waals surface area contributed by atoms with Crippen LogP contribution in [0.25, 0.3) is 0 Å². The van der Waals surface area contributed by atoms with Gasteiger partial charge in [-0.1, -0.05) is 16.5 Å². The van der Waals surface area contributed by atoms with E-state index in [0.29, 0.717) is 0 Å². The summed E-state index contributed by atoms with van der Waals surface area (Å²) < 4.78 is 11.6. The third-order valence-electron chi connectivity index (χ3n) is 5.05. The Morgan fingerprint density at radius 3 is 2.96 bits per heavy atom. The van der Waals surface area contributed by atoms with Crippen LogP contribution in [0.1, 0.15) is 29.9 Å². The first-order chi connectivity index (χ1) is 11.7. The second-order valence-electron chi connectivity index (χ2n) is 6.79. The zero-order valence-corrected chi connectivity index (χ0v) is 15.0. The van der Waals surface area contributed by atoms with Crippen molar-refractivity contribution in [2.75, 3.05) is 37.7 Å². The van der Waals surface area contributed by atoms with Gasteiger partial charge in [-0.15, -0.1) is 10.2 Å². The first-order valence-electron chi connectivity index (χ1n) is 8.44. The molecule has 2 aliphatic heterocycles. The van der Waals surface area contributed by atoms with Gasteiger partial charge in [0.15, 0.2) is 0 Å². The first kappa shape index (κ1) is 16.0. The van der Waals surface area contributed by atoms with Crippen molar-refractivity contribution >= 4 is 16.5 Å². The lowest BCUT2D eigenvalue weighted by Gasteiger charge is -2.48. The number of anilines is 1. The number of aromatic nitrogens is 3. The van der Waals surface area contributed by atoms with Crippen LogP contribution in [-0.2, 0) is 11.3 Å². The van der Waals surface area contributed by atoms with Crippen LogP contribution < -0.4 is 4.90 Å². The molecule has 0 unspecified atom stereocenters. The highest BCUT2D eigenvalue weighted by atomic mass is 32.1. The smallest absolute Gasteiger partial charge is 0.208 e. The Labute approximate surface area is 145 Å². The molecule has 4 rings (SSSR count). The molecule has 0 bridgehead atoms. The number of morpholine rings is 1. The average Bonchev–Trinajstić information content (AvgIpc) is 3.21. The summed E-state index contributed by atoms with van der Waals surface area (Å²) in [5.74, 6) is 0.923. The summed E-state index contributed by atoms with van der Waals surface area (Å²) in [6.07, 6.45) is 2.22. The number of nitrogens with zero attached hydrogens (tertiary/aromatic N) is 5. The van der Waals surface area contributed by atoms with Gasteiger partial charge < -0.3 is 14.2 Å². The third-order valence-corrected chi connectivity index (χ3v) is 5.80. The van der Waals surface area contributed by atoms with E-state index in [4.69, 9.17) is 9.26 Å². The van der Waals surface area contributed by atoms with Gasteiger partial charge in [0.1, 0.15) is 11.3 Å². The van der Waals surface area contributed by atoms with Crippen LogP contribution in [0.5, 0.6) is 0 Å². The minimum absolute atomic E-state index is 0.110. The van der Waals surface area contributed by atoms with Gasteiger partial charge in [-0.25, -0.2) is 0 Å². The van der Waals surface area contributed by atoms with Crippen LogP contribution in [0.3, 0.4) is 0 Å². The molecular weight excluding hydrogens is 326 g/mol. The molecule has 1 spiro atoms. The van der Waals surface area contributed by atoms with Crippen LogP contribution >= 0.6 is 11.3 Å². The van der Waals surface area contributed by atoms with E-state index >= 15 is 0 Å². The fourth-order valence-corrected chi connectivity index (χ4v) is 4.41.